The Morgan fingerprint density at radius 1 is 1.24 bits per heavy atom. The second kappa shape index (κ2) is 6.36. The van der Waals surface area contributed by atoms with Crippen molar-refractivity contribution in [2.45, 2.75) is 24.7 Å². The zero-order valence-corrected chi connectivity index (χ0v) is 12.9. The molecule has 0 aliphatic carbocycles. The Balaban J connectivity index is 1.94. The van der Waals surface area contributed by atoms with Gasteiger partial charge in [0.25, 0.3) is 5.91 Å². The summed E-state index contributed by atoms with van der Waals surface area (Å²) < 4.78 is 38.8. The molecule has 2 atom stereocenters. The zero-order valence-electron chi connectivity index (χ0n) is 12.9. The number of nitrogens with zero attached hydrogens (tertiary/aromatic N) is 2. The minimum atomic E-state index is -4.49. The third-order valence-corrected chi connectivity index (χ3v) is 4.11. The molecule has 1 amide bonds. The first-order chi connectivity index (χ1) is 11.8. The number of carbonyl (C=O) groups excluding carboxylic acids is 1. The molecular weight excluding hydrogens is 337 g/mol. The molecule has 2 N–H and O–H groups in total. The van der Waals surface area contributed by atoms with Crippen LogP contribution in [0.4, 0.5) is 13.2 Å². The lowest BCUT2D eigenvalue weighted by Gasteiger charge is -2.25. The van der Waals surface area contributed by atoms with Gasteiger partial charge in [-0.25, -0.2) is 0 Å². The molecule has 0 bridgehead atoms. The van der Waals surface area contributed by atoms with Gasteiger partial charge < -0.3 is 15.1 Å². The molecule has 8 heteroatoms. The fourth-order valence-corrected chi connectivity index (χ4v) is 2.99. The highest BCUT2D eigenvalue weighted by Gasteiger charge is 2.37. The summed E-state index contributed by atoms with van der Waals surface area (Å²) in [6.07, 6.45) is -2.76. The number of amides is 1. The van der Waals surface area contributed by atoms with E-state index < -0.39 is 29.8 Å². The lowest BCUT2D eigenvalue weighted by Crippen LogP contribution is -2.32. The molecule has 2 heterocycles. The molecule has 25 heavy (non-hydrogen) atoms. The number of pyridine rings is 1. The molecule has 3 rings (SSSR count). The highest BCUT2D eigenvalue weighted by molar-refractivity contribution is 5.94. The van der Waals surface area contributed by atoms with Crippen LogP contribution in [0.2, 0.25) is 0 Å². The highest BCUT2D eigenvalue weighted by Crippen LogP contribution is 2.37. The Morgan fingerprint density at radius 2 is 2.00 bits per heavy atom. The molecule has 1 aromatic heterocycles. The maximum atomic E-state index is 12.9. The fraction of sp³-hybridized carbons (Fsp3) is 0.294. The first-order valence-corrected chi connectivity index (χ1v) is 7.56. The van der Waals surface area contributed by atoms with Crippen LogP contribution in [0.5, 0.6) is 5.75 Å². The number of rotatable bonds is 2. The number of hydrogen-bond acceptors (Lipinski definition) is 4. The monoisotopic (exact) mass is 352 g/mol. The van der Waals surface area contributed by atoms with Gasteiger partial charge in [-0.2, -0.15) is 13.2 Å². The van der Waals surface area contributed by atoms with Crippen LogP contribution in [-0.2, 0) is 6.18 Å². The predicted molar refractivity (Wildman–Crippen MR) is 81.7 cm³/mol. The Labute approximate surface area is 141 Å². The van der Waals surface area contributed by atoms with E-state index in [0.29, 0.717) is 5.56 Å². The average Bonchev–Trinajstić information content (AvgIpc) is 2.95. The molecule has 0 spiro atoms. The molecule has 1 saturated heterocycles. The number of aliphatic hydroxyl groups is 1. The summed E-state index contributed by atoms with van der Waals surface area (Å²) in [5.41, 5.74) is -0.406. The molecule has 1 aromatic carbocycles. The van der Waals surface area contributed by atoms with Crippen molar-refractivity contribution in [1.29, 1.82) is 0 Å². The quantitative estimate of drug-likeness (QED) is 0.872. The molecule has 1 fully saturated rings. The van der Waals surface area contributed by atoms with Crippen LogP contribution in [0.3, 0.4) is 0 Å². The lowest BCUT2D eigenvalue weighted by molar-refractivity contribution is -0.137. The number of alkyl halides is 3. The van der Waals surface area contributed by atoms with Crippen LogP contribution in [0.15, 0.2) is 42.7 Å². The van der Waals surface area contributed by atoms with Crippen molar-refractivity contribution in [2.75, 3.05) is 6.54 Å². The number of likely N-dealkylation sites (tertiary alicyclic amines) is 1. The Hall–Kier alpha value is -2.61. The zero-order chi connectivity index (χ0) is 18.2. The standard InChI is InChI=1S/C17H15F3N2O3/c18-17(19,20)12-3-1-2-10(4-12)15-6-14(24)9-22(15)16(25)11-5-13(23)8-21-7-11/h1-5,7-8,14-15,23-24H,6,9H2/t14-,15-/m1/s1. The molecule has 0 unspecified atom stereocenters. The minimum Gasteiger partial charge on any atom is -0.506 e. The van der Waals surface area contributed by atoms with E-state index in [0.717, 1.165) is 12.1 Å². The third kappa shape index (κ3) is 3.58. The van der Waals surface area contributed by atoms with Crippen LogP contribution >= 0.6 is 0 Å². The molecular formula is C17H15F3N2O3. The number of aliphatic hydroxyl groups excluding tert-OH is 1. The van der Waals surface area contributed by atoms with Crippen molar-refractivity contribution >= 4 is 5.91 Å². The van der Waals surface area contributed by atoms with Crippen LogP contribution in [-0.4, -0.2) is 38.7 Å². The van der Waals surface area contributed by atoms with E-state index >= 15 is 0 Å². The third-order valence-electron chi connectivity index (χ3n) is 4.11. The summed E-state index contributed by atoms with van der Waals surface area (Å²) in [5.74, 6) is -0.705. The maximum Gasteiger partial charge on any atom is 0.416 e. The lowest BCUT2D eigenvalue weighted by atomic mass is 10.0. The number of benzene rings is 1. The van der Waals surface area contributed by atoms with Crippen molar-refractivity contribution < 1.29 is 28.2 Å². The SMILES string of the molecule is O=C(c1cncc(O)c1)N1C[C@H](O)C[C@@H]1c1cccc(C(F)(F)F)c1. The highest BCUT2D eigenvalue weighted by atomic mass is 19.4. The molecule has 5 nitrogen and oxygen atoms in total. The molecule has 2 aromatic rings. The summed E-state index contributed by atoms with van der Waals surface area (Å²) in [6.45, 7) is -0.00456. The van der Waals surface area contributed by atoms with Gasteiger partial charge in [-0.3, -0.25) is 9.78 Å². The maximum absolute atomic E-state index is 12.9. The first-order valence-electron chi connectivity index (χ1n) is 7.56. The second-order valence-electron chi connectivity index (χ2n) is 5.92. The number of β-amino-alcohol motifs (C(OH)–C–C–N with tert-alkyl or cyclic N) is 1. The second-order valence-corrected chi connectivity index (χ2v) is 5.92. The molecule has 0 saturated carbocycles. The van der Waals surface area contributed by atoms with Gasteiger partial charge in [0.1, 0.15) is 5.75 Å². The molecule has 132 valence electrons. The van der Waals surface area contributed by atoms with E-state index in [1.807, 2.05) is 0 Å². The summed E-state index contributed by atoms with van der Waals surface area (Å²) in [4.78, 5) is 17.7. The average molecular weight is 352 g/mol. The largest absolute Gasteiger partial charge is 0.506 e. The predicted octanol–water partition coefficient (Wildman–Crippen LogP) is 2.75. The number of aromatic nitrogens is 1. The van der Waals surface area contributed by atoms with Gasteiger partial charge in [-0.1, -0.05) is 12.1 Å². The van der Waals surface area contributed by atoms with Gasteiger partial charge in [-0.05, 0) is 30.2 Å². The van der Waals surface area contributed by atoms with E-state index in [1.165, 1.54) is 35.5 Å². The molecule has 1 aliphatic rings. The van der Waals surface area contributed by atoms with E-state index in [2.05, 4.69) is 4.98 Å². The summed E-state index contributed by atoms with van der Waals surface area (Å²) >= 11 is 0. The van der Waals surface area contributed by atoms with Gasteiger partial charge >= 0.3 is 6.18 Å². The van der Waals surface area contributed by atoms with Crippen LogP contribution in [0, 0.1) is 0 Å². The molecule has 1 aliphatic heterocycles. The van der Waals surface area contributed by atoms with Crippen LogP contribution in [0.1, 0.15) is 33.9 Å². The number of carbonyl (C=O) groups is 1. The van der Waals surface area contributed by atoms with Crippen LogP contribution < -0.4 is 0 Å². The summed E-state index contributed by atoms with van der Waals surface area (Å²) in [5, 5.41) is 19.4. The number of halogens is 3. The normalized spacial score (nSPS) is 20.7. The Kier molecular flexibility index (Phi) is 4.38. The first kappa shape index (κ1) is 17.2. The number of hydrogen-bond donors (Lipinski definition) is 2. The van der Waals surface area contributed by atoms with Crippen molar-refractivity contribution in [1.82, 2.24) is 9.88 Å². The van der Waals surface area contributed by atoms with E-state index in [4.69, 9.17) is 0 Å². The minimum absolute atomic E-state index is 0.00456. The molecule has 0 radical (unpaired) electrons. The van der Waals surface area contributed by atoms with Gasteiger partial charge in [0.2, 0.25) is 0 Å². The van der Waals surface area contributed by atoms with Crippen molar-refractivity contribution in [3.05, 3.63) is 59.4 Å². The van der Waals surface area contributed by atoms with Crippen LogP contribution in [0.25, 0.3) is 0 Å². The topological polar surface area (TPSA) is 73.7 Å². The van der Waals surface area contributed by atoms with Gasteiger partial charge in [-0.15, -0.1) is 0 Å². The van der Waals surface area contributed by atoms with E-state index in [-0.39, 0.29) is 24.3 Å². The van der Waals surface area contributed by atoms with Crippen molar-refractivity contribution in [3.63, 3.8) is 0 Å². The smallest absolute Gasteiger partial charge is 0.416 e. The summed E-state index contributed by atoms with van der Waals surface area (Å²) in [7, 11) is 0. The van der Waals surface area contributed by atoms with Crippen molar-refractivity contribution in [2.24, 2.45) is 0 Å². The number of aromatic hydroxyl groups is 1. The van der Waals surface area contributed by atoms with E-state index in [9.17, 15) is 28.2 Å². The fourth-order valence-electron chi connectivity index (χ4n) is 2.99. The summed E-state index contributed by atoms with van der Waals surface area (Å²) in [6, 6.07) is 5.26. The van der Waals surface area contributed by atoms with Gasteiger partial charge in [0.15, 0.2) is 0 Å². The van der Waals surface area contributed by atoms with Crippen molar-refractivity contribution in [3.8, 4) is 5.75 Å². The van der Waals surface area contributed by atoms with Gasteiger partial charge in [0.05, 0.1) is 29.5 Å². The Bertz CT molecular complexity index is 795. The van der Waals surface area contributed by atoms with Gasteiger partial charge in [0, 0.05) is 12.7 Å². The van der Waals surface area contributed by atoms with E-state index in [1.54, 1.807) is 0 Å². The Morgan fingerprint density at radius 3 is 2.68 bits per heavy atom.